The highest BCUT2D eigenvalue weighted by Gasteiger charge is 1.85. The number of aliphatic hydroxyl groups excluding tert-OH is 1. The molecule has 0 aliphatic carbocycles. The number of aldehydes is 2. The van der Waals surface area contributed by atoms with Gasteiger partial charge in [0.1, 0.15) is 12.4 Å². The summed E-state index contributed by atoms with van der Waals surface area (Å²) in [6.07, 6.45) is 1.92. The summed E-state index contributed by atoms with van der Waals surface area (Å²) in [7, 11) is 0. The van der Waals surface area contributed by atoms with Crippen LogP contribution < -0.4 is 0 Å². The first-order valence-electron chi connectivity index (χ1n) is 2.87. The number of carbonyl (C=O) groups is 2. The molecule has 0 aromatic carbocycles. The van der Waals surface area contributed by atoms with E-state index in [4.69, 9.17) is 19.1 Å². The van der Waals surface area contributed by atoms with Gasteiger partial charge in [-0.05, 0) is 12.1 Å². The van der Waals surface area contributed by atoms with Gasteiger partial charge in [-0.1, -0.05) is 0 Å². The van der Waals surface area contributed by atoms with E-state index in [9.17, 15) is 0 Å². The molecule has 0 aliphatic rings. The van der Waals surface area contributed by atoms with Gasteiger partial charge in [-0.15, -0.1) is 0 Å². The van der Waals surface area contributed by atoms with Gasteiger partial charge >= 0.3 is 0 Å². The molecule has 0 unspecified atom stereocenters. The van der Waals surface area contributed by atoms with Gasteiger partial charge in [0, 0.05) is 0 Å². The Hall–Kier alpha value is -1.42. The molecule has 1 aromatic heterocycles. The second kappa shape index (κ2) is 6.70. The minimum absolute atomic E-state index is 0.00694. The summed E-state index contributed by atoms with van der Waals surface area (Å²) < 4.78 is 4.73. The molecule has 0 atom stereocenters. The van der Waals surface area contributed by atoms with Crippen LogP contribution in [-0.4, -0.2) is 17.7 Å². The van der Waals surface area contributed by atoms with E-state index in [1.807, 2.05) is 0 Å². The Labute approximate surface area is 63.4 Å². The third kappa shape index (κ3) is 5.05. The molecule has 0 fully saturated rings. The van der Waals surface area contributed by atoms with Gasteiger partial charge in [0.15, 0.2) is 12.6 Å². The minimum Gasteiger partial charge on any atom is -0.467 e. The quantitative estimate of drug-likeness (QED) is 0.489. The Balaban J connectivity index is 0.000000218. The highest BCUT2D eigenvalue weighted by Crippen LogP contribution is 1.96. The maximum Gasteiger partial charge on any atom is 0.182 e. The van der Waals surface area contributed by atoms with Crippen LogP contribution in [0, 0.1) is 0 Å². The van der Waals surface area contributed by atoms with Crippen molar-refractivity contribution in [2.45, 2.75) is 6.61 Å². The van der Waals surface area contributed by atoms with Crippen LogP contribution in [0.2, 0.25) is 0 Å². The van der Waals surface area contributed by atoms with Crippen molar-refractivity contribution in [3.05, 3.63) is 24.2 Å². The van der Waals surface area contributed by atoms with Gasteiger partial charge in [0.25, 0.3) is 0 Å². The molecule has 1 rings (SSSR count). The number of aliphatic hydroxyl groups is 1. The van der Waals surface area contributed by atoms with Crippen molar-refractivity contribution >= 4 is 12.6 Å². The molecule has 1 N–H and O–H groups in total. The van der Waals surface area contributed by atoms with Crippen LogP contribution in [0.4, 0.5) is 0 Å². The summed E-state index contributed by atoms with van der Waals surface area (Å²) in [4.78, 5) is 17.6. The largest absolute Gasteiger partial charge is 0.467 e. The highest BCUT2D eigenvalue weighted by molar-refractivity contribution is 6.09. The predicted octanol–water partition coefficient (Wildman–Crippen LogP) is 0.156. The third-order valence-corrected chi connectivity index (χ3v) is 0.791. The number of carbonyl (C=O) groups excluding carboxylic acids is 2. The molecule has 1 heterocycles. The summed E-state index contributed by atoms with van der Waals surface area (Å²) >= 11 is 0. The molecule has 0 saturated heterocycles. The van der Waals surface area contributed by atoms with Crippen LogP contribution >= 0.6 is 0 Å². The lowest BCUT2D eigenvalue weighted by atomic mass is 10.5. The fourth-order valence-corrected chi connectivity index (χ4v) is 0.403. The van der Waals surface area contributed by atoms with Crippen LogP contribution in [0.1, 0.15) is 5.76 Å². The second-order valence-electron chi connectivity index (χ2n) is 1.51. The Morgan fingerprint density at radius 3 is 2.27 bits per heavy atom. The van der Waals surface area contributed by atoms with E-state index in [0.717, 1.165) is 0 Å². The van der Waals surface area contributed by atoms with E-state index in [2.05, 4.69) is 0 Å². The second-order valence-corrected chi connectivity index (χ2v) is 1.51. The van der Waals surface area contributed by atoms with E-state index in [1.54, 1.807) is 12.1 Å². The molecular weight excluding hydrogens is 148 g/mol. The molecule has 0 spiro atoms. The average molecular weight is 156 g/mol. The van der Waals surface area contributed by atoms with Crippen molar-refractivity contribution in [2.24, 2.45) is 0 Å². The first-order valence-corrected chi connectivity index (χ1v) is 2.87. The van der Waals surface area contributed by atoms with Crippen LogP contribution in [0.15, 0.2) is 22.8 Å². The number of rotatable bonds is 2. The SMILES string of the molecule is O=CC=O.OCc1ccco1. The van der Waals surface area contributed by atoms with Crippen molar-refractivity contribution < 1.29 is 19.1 Å². The molecule has 4 heteroatoms. The fraction of sp³-hybridized carbons (Fsp3) is 0.143. The lowest BCUT2D eigenvalue weighted by molar-refractivity contribution is -0.122. The van der Waals surface area contributed by atoms with E-state index in [0.29, 0.717) is 5.76 Å². The number of furan rings is 1. The highest BCUT2D eigenvalue weighted by atomic mass is 16.4. The first-order chi connectivity index (χ1) is 5.35. The fourth-order valence-electron chi connectivity index (χ4n) is 0.403. The van der Waals surface area contributed by atoms with E-state index < -0.39 is 0 Å². The third-order valence-electron chi connectivity index (χ3n) is 0.791. The smallest absolute Gasteiger partial charge is 0.182 e. The van der Waals surface area contributed by atoms with Crippen LogP contribution in [0.25, 0.3) is 0 Å². The van der Waals surface area contributed by atoms with E-state index >= 15 is 0 Å². The summed E-state index contributed by atoms with van der Waals surface area (Å²) in [6.45, 7) is -0.00694. The maximum atomic E-state index is 8.81. The van der Waals surface area contributed by atoms with Gasteiger partial charge in [0.2, 0.25) is 0 Å². The van der Waals surface area contributed by atoms with Gasteiger partial charge in [0.05, 0.1) is 6.26 Å². The van der Waals surface area contributed by atoms with Gasteiger partial charge in [-0.2, -0.15) is 0 Å². The van der Waals surface area contributed by atoms with Gasteiger partial charge in [-0.3, -0.25) is 9.59 Å². The number of hydrogen-bond donors (Lipinski definition) is 1. The summed E-state index contributed by atoms with van der Waals surface area (Å²) in [5.74, 6) is 0.611. The lowest BCUT2D eigenvalue weighted by Gasteiger charge is -1.79. The van der Waals surface area contributed by atoms with Crippen molar-refractivity contribution in [1.29, 1.82) is 0 Å². The summed E-state index contributed by atoms with van der Waals surface area (Å²) in [5.41, 5.74) is 0. The topological polar surface area (TPSA) is 67.5 Å². The molecule has 0 saturated carbocycles. The predicted molar refractivity (Wildman–Crippen MR) is 36.8 cm³/mol. The molecule has 4 nitrogen and oxygen atoms in total. The molecule has 60 valence electrons. The van der Waals surface area contributed by atoms with Crippen LogP contribution in [0.3, 0.4) is 0 Å². The van der Waals surface area contributed by atoms with Crippen molar-refractivity contribution in [1.82, 2.24) is 0 Å². The zero-order valence-corrected chi connectivity index (χ0v) is 5.77. The first kappa shape index (κ1) is 9.58. The molecular formula is C7H8O4. The lowest BCUT2D eigenvalue weighted by Crippen LogP contribution is -1.72. The van der Waals surface area contributed by atoms with Crippen LogP contribution in [-0.2, 0) is 16.2 Å². The Morgan fingerprint density at radius 1 is 1.45 bits per heavy atom. The molecule has 1 aromatic rings. The Morgan fingerprint density at radius 2 is 2.09 bits per heavy atom. The van der Waals surface area contributed by atoms with Crippen molar-refractivity contribution in [3.8, 4) is 0 Å². The van der Waals surface area contributed by atoms with Crippen LogP contribution in [0.5, 0.6) is 0 Å². The normalized spacial score (nSPS) is 7.73. The zero-order valence-electron chi connectivity index (χ0n) is 5.77. The molecule has 0 radical (unpaired) electrons. The maximum absolute atomic E-state index is 8.81. The zero-order chi connectivity index (χ0) is 8.53. The number of hydrogen-bond acceptors (Lipinski definition) is 4. The molecule has 0 bridgehead atoms. The van der Waals surface area contributed by atoms with E-state index in [1.165, 1.54) is 6.26 Å². The van der Waals surface area contributed by atoms with Gasteiger partial charge in [-0.25, -0.2) is 0 Å². The Bertz CT molecular complexity index is 184. The average Bonchev–Trinajstić information content (AvgIpc) is 2.56. The van der Waals surface area contributed by atoms with Crippen molar-refractivity contribution in [2.75, 3.05) is 0 Å². The molecule has 0 aliphatic heterocycles. The Kier molecular flexibility index (Phi) is 5.83. The van der Waals surface area contributed by atoms with Gasteiger partial charge < -0.3 is 9.52 Å². The molecule has 0 amide bonds. The minimum atomic E-state index is -0.00694. The summed E-state index contributed by atoms with van der Waals surface area (Å²) in [6, 6.07) is 3.46. The summed E-state index contributed by atoms with van der Waals surface area (Å²) in [5, 5.41) is 8.33. The standard InChI is InChI=1S/C5H6O2.C2H2O2/c6-4-5-2-1-3-7-5;3-1-2-4/h1-3,6H,4H2;1-2H. The van der Waals surface area contributed by atoms with E-state index in [-0.39, 0.29) is 19.2 Å². The molecule has 11 heavy (non-hydrogen) atoms. The monoisotopic (exact) mass is 156 g/mol. The van der Waals surface area contributed by atoms with Crippen molar-refractivity contribution in [3.63, 3.8) is 0 Å².